The second-order valence-electron chi connectivity index (χ2n) is 6.53. The van der Waals surface area contributed by atoms with Crippen molar-refractivity contribution in [1.82, 2.24) is 19.6 Å². The number of esters is 1. The van der Waals surface area contributed by atoms with Crippen molar-refractivity contribution in [3.63, 3.8) is 0 Å². The number of anilines is 1. The number of nitrogens with one attached hydrogen (secondary N) is 1. The fourth-order valence-electron chi connectivity index (χ4n) is 2.90. The van der Waals surface area contributed by atoms with Gasteiger partial charge in [-0.15, -0.1) is 0 Å². The van der Waals surface area contributed by atoms with Crippen LogP contribution < -0.4 is 10.9 Å². The van der Waals surface area contributed by atoms with E-state index < -0.39 is 18.0 Å². The number of aromatic nitrogens is 4. The molecule has 9 heteroatoms. The molecule has 0 fully saturated rings. The zero-order valence-electron chi connectivity index (χ0n) is 16.3. The third-order valence-corrected chi connectivity index (χ3v) is 4.56. The lowest BCUT2D eigenvalue weighted by Gasteiger charge is -2.14. The lowest BCUT2D eigenvalue weighted by atomic mass is 10.1. The quantitative estimate of drug-likeness (QED) is 0.684. The van der Waals surface area contributed by atoms with E-state index in [4.69, 9.17) is 4.74 Å². The number of hydrogen-bond acceptors (Lipinski definition) is 6. The summed E-state index contributed by atoms with van der Waals surface area (Å²) in [5, 5.41) is 11.7. The molecule has 1 aromatic carbocycles. The van der Waals surface area contributed by atoms with Gasteiger partial charge in [0, 0.05) is 19.5 Å². The highest BCUT2D eigenvalue weighted by molar-refractivity contribution is 6.03. The standard InChI is InChI=1S/C19H21N5O4/c1-10-15(11(2)23(4)21-10)20-17(25)12(3)28-19(27)16-13-8-6-7-9-14(13)18(26)24(5)22-16/h6-9,12H,1-5H3,(H,20,25). The molecule has 3 rings (SSSR count). The molecule has 0 aliphatic rings. The van der Waals surface area contributed by atoms with E-state index in [0.717, 1.165) is 10.4 Å². The number of fused-ring (bicyclic) bond motifs is 1. The van der Waals surface area contributed by atoms with Gasteiger partial charge in [0.1, 0.15) is 0 Å². The molecule has 0 aliphatic carbocycles. The van der Waals surface area contributed by atoms with Gasteiger partial charge < -0.3 is 10.1 Å². The molecule has 0 spiro atoms. The zero-order chi connectivity index (χ0) is 20.6. The summed E-state index contributed by atoms with van der Waals surface area (Å²) in [7, 11) is 3.23. The summed E-state index contributed by atoms with van der Waals surface area (Å²) in [6, 6.07) is 6.63. The summed E-state index contributed by atoms with van der Waals surface area (Å²) >= 11 is 0. The predicted octanol–water partition coefficient (Wildman–Crippen LogP) is 1.47. The molecule has 0 saturated heterocycles. The Morgan fingerprint density at radius 2 is 1.71 bits per heavy atom. The molecule has 9 nitrogen and oxygen atoms in total. The molecule has 0 saturated carbocycles. The van der Waals surface area contributed by atoms with Crippen LogP contribution in [0.15, 0.2) is 29.1 Å². The van der Waals surface area contributed by atoms with E-state index in [1.165, 1.54) is 14.0 Å². The topological polar surface area (TPSA) is 108 Å². The van der Waals surface area contributed by atoms with Crippen LogP contribution in [0.2, 0.25) is 0 Å². The maximum absolute atomic E-state index is 12.6. The Hall–Kier alpha value is -3.49. The molecular weight excluding hydrogens is 362 g/mol. The summed E-state index contributed by atoms with van der Waals surface area (Å²) in [5.74, 6) is -1.27. The molecule has 0 aliphatic heterocycles. The Bertz CT molecular complexity index is 1150. The van der Waals surface area contributed by atoms with Crippen molar-refractivity contribution in [2.45, 2.75) is 26.9 Å². The number of hydrogen-bond donors (Lipinski definition) is 1. The largest absolute Gasteiger partial charge is 0.448 e. The van der Waals surface area contributed by atoms with E-state index in [1.54, 1.807) is 42.9 Å². The summed E-state index contributed by atoms with van der Waals surface area (Å²) in [4.78, 5) is 37.3. The fourth-order valence-corrected chi connectivity index (χ4v) is 2.90. The number of rotatable bonds is 4. The van der Waals surface area contributed by atoms with Crippen LogP contribution in [0.3, 0.4) is 0 Å². The highest BCUT2D eigenvalue weighted by Gasteiger charge is 2.24. The molecular formula is C19H21N5O4. The fraction of sp³-hybridized carbons (Fsp3) is 0.316. The van der Waals surface area contributed by atoms with E-state index in [1.807, 2.05) is 6.92 Å². The molecule has 2 heterocycles. The maximum Gasteiger partial charge on any atom is 0.360 e. The minimum Gasteiger partial charge on any atom is -0.448 e. The molecule has 1 unspecified atom stereocenters. The minimum absolute atomic E-state index is 0.0221. The minimum atomic E-state index is -1.07. The van der Waals surface area contributed by atoms with Crippen LogP contribution in [0.5, 0.6) is 0 Å². The Kier molecular flexibility index (Phi) is 5.00. The van der Waals surface area contributed by atoms with E-state index in [2.05, 4.69) is 15.5 Å². The van der Waals surface area contributed by atoms with E-state index in [9.17, 15) is 14.4 Å². The first kappa shape index (κ1) is 19.3. The number of carbonyl (C=O) groups excluding carboxylic acids is 2. The second kappa shape index (κ2) is 7.26. The van der Waals surface area contributed by atoms with Crippen molar-refractivity contribution in [3.8, 4) is 0 Å². The van der Waals surface area contributed by atoms with Crippen LogP contribution in [-0.2, 0) is 23.6 Å². The first-order valence-electron chi connectivity index (χ1n) is 8.68. The second-order valence-corrected chi connectivity index (χ2v) is 6.53. The first-order chi connectivity index (χ1) is 13.2. The average Bonchev–Trinajstić information content (AvgIpc) is 2.90. The molecule has 3 aromatic rings. The molecule has 146 valence electrons. The van der Waals surface area contributed by atoms with Crippen molar-refractivity contribution < 1.29 is 14.3 Å². The normalized spacial score (nSPS) is 12.0. The van der Waals surface area contributed by atoms with Crippen molar-refractivity contribution in [1.29, 1.82) is 0 Å². The van der Waals surface area contributed by atoms with Gasteiger partial charge >= 0.3 is 5.97 Å². The van der Waals surface area contributed by atoms with Crippen LogP contribution in [0, 0.1) is 13.8 Å². The van der Waals surface area contributed by atoms with Crippen molar-refractivity contribution in [2.24, 2.45) is 14.1 Å². The Balaban J connectivity index is 1.83. The molecule has 28 heavy (non-hydrogen) atoms. The summed E-state index contributed by atoms with van der Waals surface area (Å²) in [5.41, 5.74) is 1.69. The van der Waals surface area contributed by atoms with Crippen molar-refractivity contribution in [2.75, 3.05) is 5.32 Å². The Morgan fingerprint density at radius 1 is 1.07 bits per heavy atom. The lowest BCUT2D eigenvalue weighted by Crippen LogP contribution is -2.31. The smallest absolute Gasteiger partial charge is 0.360 e. The van der Waals surface area contributed by atoms with E-state index >= 15 is 0 Å². The van der Waals surface area contributed by atoms with Gasteiger partial charge in [0.2, 0.25) is 0 Å². The third-order valence-electron chi connectivity index (χ3n) is 4.56. The van der Waals surface area contributed by atoms with Crippen LogP contribution in [0.4, 0.5) is 5.69 Å². The number of amides is 1. The molecule has 1 N–H and O–H groups in total. The van der Waals surface area contributed by atoms with Gasteiger partial charge in [-0.25, -0.2) is 9.48 Å². The highest BCUT2D eigenvalue weighted by Crippen LogP contribution is 2.19. The van der Waals surface area contributed by atoms with Crippen LogP contribution in [-0.4, -0.2) is 37.5 Å². The van der Waals surface area contributed by atoms with Gasteiger partial charge in [0.05, 0.1) is 22.5 Å². The number of nitrogens with zero attached hydrogens (tertiary/aromatic N) is 4. The van der Waals surface area contributed by atoms with Crippen molar-refractivity contribution in [3.05, 3.63) is 51.7 Å². The molecule has 2 aromatic heterocycles. The Morgan fingerprint density at radius 3 is 2.32 bits per heavy atom. The molecule has 0 bridgehead atoms. The van der Waals surface area contributed by atoms with Gasteiger partial charge in [-0.2, -0.15) is 10.2 Å². The first-order valence-corrected chi connectivity index (χ1v) is 8.68. The summed E-state index contributed by atoms with van der Waals surface area (Å²) < 4.78 is 8.03. The maximum atomic E-state index is 12.6. The van der Waals surface area contributed by atoms with Gasteiger partial charge in [-0.3, -0.25) is 14.3 Å². The monoisotopic (exact) mass is 383 g/mol. The highest BCUT2D eigenvalue weighted by atomic mass is 16.5. The lowest BCUT2D eigenvalue weighted by molar-refractivity contribution is -0.123. The summed E-state index contributed by atoms with van der Waals surface area (Å²) in [6.07, 6.45) is -1.07. The van der Waals surface area contributed by atoms with Gasteiger partial charge in [0.25, 0.3) is 11.5 Å². The summed E-state index contributed by atoms with van der Waals surface area (Å²) in [6.45, 7) is 5.07. The molecule has 1 atom stereocenters. The van der Waals surface area contributed by atoms with Gasteiger partial charge in [-0.1, -0.05) is 18.2 Å². The number of ether oxygens (including phenoxy) is 1. The van der Waals surface area contributed by atoms with E-state index in [0.29, 0.717) is 22.2 Å². The number of carbonyl (C=O) groups is 2. The average molecular weight is 383 g/mol. The van der Waals surface area contributed by atoms with E-state index in [-0.39, 0.29) is 11.3 Å². The SMILES string of the molecule is Cc1nn(C)c(C)c1NC(=O)C(C)OC(=O)c1nn(C)c(=O)c2ccccc12. The van der Waals surface area contributed by atoms with Crippen LogP contribution in [0.25, 0.3) is 10.8 Å². The zero-order valence-corrected chi connectivity index (χ0v) is 16.3. The number of benzene rings is 1. The van der Waals surface area contributed by atoms with Crippen molar-refractivity contribution >= 4 is 28.3 Å². The van der Waals surface area contributed by atoms with Gasteiger partial charge in [-0.05, 0) is 26.8 Å². The van der Waals surface area contributed by atoms with Crippen LogP contribution in [0.1, 0.15) is 28.8 Å². The van der Waals surface area contributed by atoms with Crippen LogP contribution >= 0.6 is 0 Å². The number of aryl methyl sites for hydroxylation is 3. The predicted molar refractivity (Wildman–Crippen MR) is 103 cm³/mol. The third kappa shape index (κ3) is 3.38. The molecule has 1 amide bonds. The van der Waals surface area contributed by atoms with Gasteiger partial charge in [0.15, 0.2) is 11.8 Å². The molecule has 0 radical (unpaired) electrons. The Labute approximate surface area is 160 Å².